The molecule has 25 heavy (non-hydrogen) atoms. The quantitative estimate of drug-likeness (QED) is 0.158. The van der Waals surface area contributed by atoms with Gasteiger partial charge in [0.1, 0.15) is 0 Å². The minimum Gasteiger partial charge on any atom is -0.392 e. The van der Waals surface area contributed by atoms with Crippen LogP contribution in [0.15, 0.2) is 0 Å². The Morgan fingerprint density at radius 2 is 0.920 bits per heavy atom. The second-order valence-corrected chi connectivity index (χ2v) is 6.15. The van der Waals surface area contributed by atoms with Crippen molar-refractivity contribution in [2.24, 2.45) is 0 Å². The van der Waals surface area contributed by atoms with Gasteiger partial charge in [-0.3, -0.25) is 9.80 Å². The fraction of sp³-hybridized carbons (Fsp3) is 1.00. The van der Waals surface area contributed by atoms with Crippen LogP contribution in [0.3, 0.4) is 0 Å². The topological polar surface area (TPSA) is 151 Å². The monoisotopic (exact) mass is 418 g/mol. The summed E-state index contributed by atoms with van der Waals surface area (Å²) < 4.78 is 0. The van der Waals surface area contributed by atoms with Gasteiger partial charge in [-0.2, -0.15) is 0 Å². The van der Waals surface area contributed by atoms with Crippen LogP contribution in [-0.4, -0.2) is 104 Å². The number of rotatable bonds is 11. The maximum Gasteiger partial charge on any atom is 2.00 e. The first-order chi connectivity index (χ1) is 10.9. The molecule has 0 saturated heterocycles. The van der Waals surface area contributed by atoms with Crippen LogP contribution in [0, 0.1) is 10.1 Å². The molecule has 0 aliphatic carbocycles. The molecule has 0 fully saturated rings. The number of hydrogen-bond donors (Lipinski definition) is 5. The molecule has 0 heterocycles. The average Bonchev–Trinajstić information content (AvgIpc) is 2.32. The molecule has 4 atom stereocenters. The van der Waals surface area contributed by atoms with Crippen molar-refractivity contribution in [2.75, 3.05) is 39.3 Å². The van der Waals surface area contributed by atoms with Crippen molar-refractivity contribution in [3.05, 3.63) is 10.1 Å². The smallest absolute Gasteiger partial charge is 0.392 e. The molecule has 0 spiro atoms. The Hall–Kier alpha value is -0.521. The SMILES string of the molecule is CC(O)CN(CCN(CC(C)O)CC(C)O)CC(C)O.O=[N+]([O-])O.[Cu+2]. The van der Waals surface area contributed by atoms with Crippen LogP contribution in [0.2, 0.25) is 0 Å². The third-order valence-electron chi connectivity index (χ3n) is 2.82. The van der Waals surface area contributed by atoms with Crippen molar-refractivity contribution in [1.29, 1.82) is 0 Å². The Balaban J connectivity index is -0.000000867. The van der Waals surface area contributed by atoms with E-state index in [2.05, 4.69) is 0 Å². The van der Waals surface area contributed by atoms with Gasteiger partial charge in [0.25, 0.3) is 5.09 Å². The van der Waals surface area contributed by atoms with E-state index < -0.39 is 29.5 Å². The van der Waals surface area contributed by atoms with Crippen molar-refractivity contribution in [3.63, 3.8) is 0 Å². The molecule has 0 amide bonds. The van der Waals surface area contributed by atoms with E-state index in [1.807, 2.05) is 9.80 Å². The van der Waals surface area contributed by atoms with Crippen molar-refractivity contribution in [2.45, 2.75) is 52.1 Å². The summed E-state index contributed by atoms with van der Waals surface area (Å²) in [7, 11) is 0. The first kappa shape index (κ1) is 29.3. The summed E-state index contributed by atoms with van der Waals surface area (Å²) in [5, 5.41) is 51.5. The largest absolute Gasteiger partial charge is 2.00 e. The van der Waals surface area contributed by atoms with Gasteiger partial charge in [-0.05, 0) is 27.7 Å². The molecule has 11 heteroatoms. The molecule has 10 nitrogen and oxygen atoms in total. The molecule has 0 bridgehead atoms. The van der Waals surface area contributed by atoms with Gasteiger partial charge in [-0.25, -0.2) is 0 Å². The summed E-state index contributed by atoms with van der Waals surface area (Å²) in [4.78, 5) is 12.3. The summed E-state index contributed by atoms with van der Waals surface area (Å²) in [6.45, 7) is 10.2. The Bertz CT molecular complexity index is 273. The summed E-state index contributed by atoms with van der Waals surface area (Å²) >= 11 is 0. The first-order valence-corrected chi connectivity index (χ1v) is 7.94. The van der Waals surface area contributed by atoms with Gasteiger partial charge in [0.05, 0.1) is 24.4 Å². The van der Waals surface area contributed by atoms with Crippen molar-refractivity contribution in [3.8, 4) is 0 Å². The number of aliphatic hydroxyl groups is 4. The summed E-state index contributed by atoms with van der Waals surface area (Å²) in [6.07, 6.45) is -1.79. The Morgan fingerprint density at radius 3 is 1.04 bits per heavy atom. The molecule has 4 unspecified atom stereocenters. The molecule has 0 aromatic rings. The second-order valence-electron chi connectivity index (χ2n) is 6.15. The normalized spacial score (nSPS) is 15.6. The zero-order valence-electron chi connectivity index (χ0n) is 15.2. The van der Waals surface area contributed by atoms with Crippen LogP contribution >= 0.6 is 0 Å². The molecule has 5 N–H and O–H groups in total. The molecule has 0 aromatic heterocycles. The number of nitrogens with zero attached hydrogens (tertiary/aromatic N) is 3. The zero-order chi connectivity index (χ0) is 19.3. The van der Waals surface area contributed by atoms with E-state index >= 15 is 0 Å². The minimum absolute atomic E-state index is 0. The minimum atomic E-state index is -1.50. The molecular formula is C14H33CuN3O7+2. The van der Waals surface area contributed by atoms with E-state index in [1.165, 1.54) is 0 Å². The molecular weight excluding hydrogens is 386 g/mol. The third kappa shape index (κ3) is 25.8. The summed E-state index contributed by atoms with van der Waals surface area (Å²) in [5.41, 5.74) is 0. The van der Waals surface area contributed by atoms with Gasteiger partial charge < -0.3 is 25.6 Å². The molecule has 0 aromatic carbocycles. The fourth-order valence-electron chi connectivity index (χ4n) is 2.29. The second kappa shape index (κ2) is 16.9. The van der Waals surface area contributed by atoms with Gasteiger partial charge in [0, 0.05) is 39.3 Å². The van der Waals surface area contributed by atoms with E-state index in [0.717, 1.165) is 0 Å². The maximum atomic E-state index is 9.47. The Morgan fingerprint density at radius 1 is 0.760 bits per heavy atom. The van der Waals surface area contributed by atoms with Crippen molar-refractivity contribution >= 4 is 0 Å². The zero-order valence-corrected chi connectivity index (χ0v) is 16.2. The van der Waals surface area contributed by atoms with Crippen LogP contribution < -0.4 is 0 Å². The van der Waals surface area contributed by atoms with Gasteiger partial charge in [-0.1, -0.05) is 0 Å². The number of hydrogen-bond acceptors (Lipinski definition) is 8. The Labute approximate surface area is 159 Å². The van der Waals surface area contributed by atoms with E-state index in [0.29, 0.717) is 39.3 Å². The van der Waals surface area contributed by atoms with Gasteiger partial charge >= 0.3 is 17.1 Å². The molecule has 0 aliphatic rings. The predicted molar refractivity (Wildman–Crippen MR) is 88.4 cm³/mol. The van der Waals surface area contributed by atoms with Crippen LogP contribution in [0.4, 0.5) is 0 Å². The van der Waals surface area contributed by atoms with Gasteiger partial charge in [0.2, 0.25) is 0 Å². The van der Waals surface area contributed by atoms with Crippen LogP contribution in [0.5, 0.6) is 0 Å². The molecule has 155 valence electrons. The maximum absolute atomic E-state index is 9.47. The predicted octanol–water partition coefficient (Wildman–Crippen LogP) is -1.24. The van der Waals surface area contributed by atoms with E-state index in [1.54, 1.807) is 27.7 Å². The van der Waals surface area contributed by atoms with Crippen LogP contribution in [0.25, 0.3) is 0 Å². The van der Waals surface area contributed by atoms with E-state index in [9.17, 15) is 20.4 Å². The molecule has 0 rings (SSSR count). The average molecular weight is 419 g/mol. The first-order valence-electron chi connectivity index (χ1n) is 7.94. The van der Waals surface area contributed by atoms with E-state index in [-0.39, 0.29) is 17.1 Å². The van der Waals surface area contributed by atoms with Crippen molar-refractivity contribution in [1.82, 2.24) is 9.80 Å². The molecule has 1 radical (unpaired) electrons. The van der Waals surface area contributed by atoms with Crippen molar-refractivity contribution < 1.29 is 47.8 Å². The van der Waals surface area contributed by atoms with Gasteiger partial charge in [0.15, 0.2) is 0 Å². The molecule has 0 aliphatic heterocycles. The molecule has 0 saturated carbocycles. The van der Waals surface area contributed by atoms with E-state index in [4.69, 9.17) is 15.3 Å². The van der Waals surface area contributed by atoms with Crippen LogP contribution in [-0.2, 0) is 17.1 Å². The standard InChI is InChI=1S/C14H32N2O4.Cu.HNO3/c1-11(17)7-15(8-12(2)18)5-6-16(9-13(3)19)10-14(4)20;;2-1(3)4/h11-14,17-20H,5-10H2,1-4H3;;(H,2,3,4)/q;+2;. The third-order valence-corrected chi connectivity index (χ3v) is 2.82. The fourth-order valence-corrected chi connectivity index (χ4v) is 2.29. The Kier molecular flexibility index (Phi) is 19.8. The summed E-state index contributed by atoms with van der Waals surface area (Å²) in [5.74, 6) is 0. The van der Waals surface area contributed by atoms with Crippen LogP contribution in [0.1, 0.15) is 27.7 Å². The number of aliphatic hydroxyl groups excluding tert-OH is 4. The van der Waals surface area contributed by atoms with Gasteiger partial charge in [-0.15, -0.1) is 10.1 Å². The summed E-state index contributed by atoms with van der Waals surface area (Å²) in [6, 6.07) is 0.